The molecule has 0 heterocycles. The van der Waals surface area contributed by atoms with Crippen LogP contribution in [0.2, 0.25) is 0 Å². The highest BCUT2D eigenvalue weighted by atomic mass is 32.2. The van der Waals surface area contributed by atoms with Gasteiger partial charge in [-0.15, -0.1) is 0 Å². The fraction of sp³-hybridized carbons (Fsp3) is 0.533. The summed E-state index contributed by atoms with van der Waals surface area (Å²) in [6.45, 7) is 3.01. The smallest absolute Gasteiger partial charge is 0.240 e. The molecule has 2 rings (SSSR count). The Kier molecular flexibility index (Phi) is 5.55. The van der Waals surface area contributed by atoms with Crippen LogP contribution < -0.4 is 15.4 Å². The first-order valence-electron chi connectivity index (χ1n) is 7.46. The van der Waals surface area contributed by atoms with E-state index in [1.54, 1.807) is 18.2 Å². The van der Waals surface area contributed by atoms with Gasteiger partial charge in [0.25, 0.3) is 0 Å². The van der Waals surface area contributed by atoms with Gasteiger partial charge in [-0.05, 0) is 57.0 Å². The average Bonchev–Trinajstić information content (AvgIpc) is 3.31. The zero-order chi connectivity index (χ0) is 16.2. The van der Waals surface area contributed by atoms with Gasteiger partial charge >= 0.3 is 0 Å². The van der Waals surface area contributed by atoms with Gasteiger partial charge in [0.1, 0.15) is 0 Å². The number of carbonyl (C=O) groups is 1. The zero-order valence-electron chi connectivity index (χ0n) is 12.9. The van der Waals surface area contributed by atoms with Crippen molar-refractivity contribution in [2.24, 2.45) is 5.92 Å². The Balaban J connectivity index is 1.92. The fourth-order valence-corrected chi connectivity index (χ4v) is 2.94. The van der Waals surface area contributed by atoms with E-state index in [1.807, 2.05) is 6.92 Å². The lowest BCUT2D eigenvalue weighted by atomic mass is 10.1. The minimum Gasteiger partial charge on any atom is -0.348 e. The van der Waals surface area contributed by atoms with Gasteiger partial charge in [-0.1, -0.05) is 12.1 Å². The van der Waals surface area contributed by atoms with Gasteiger partial charge in [0.05, 0.1) is 17.5 Å². The highest BCUT2D eigenvalue weighted by Crippen LogP contribution is 2.27. The van der Waals surface area contributed by atoms with Crippen LogP contribution in [0, 0.1) is 5.92 Å². The first kappa shape index (κ1) is 16.9. The number of rotatable bonds is 8. The van der Waals surface area contributed by atoms with Crippen molar-refractivity contribution in [2.45, 2.75) is 30.7 Å². The van der Waals surface area contributed by atoms with Crippen LogP contribution in [0.1, 0.15) is 31.4 Å². The summed E-state index contributed by atoms with van der Waals surface area (Å²) < 4.78 is 25.9. The Bertz CT molecular complexity index is 627. The molecule has 1 saturated carbocycles. The van der Waals surface area contributed by atoms with Gasteiger partial charge in [0.15, 0.2) is 0 Å². The van der Waals surface area contributed by atoms with Crippen LogP contribution in [0.25, 0.3) is 0 Å². The van der Waals surface area contributed by atoms with Crippen molar-refractivity contribution in [3.63, 3.8) is 0 Å². The van der Waals surface area contributed by atoms with Gasteiger partial charge in [0.2, 0.25) is 15.9 Å². The van der Waals surface area contributed by atoms with Crippen LogP contribution in [0.4, 0.5) is 0 Å². The molecule has 122 valence electrons. The first-order chi connectivity index (χ1) is 10.4. The Morgan fingerprint density at radius 3 is 2.73 bits per heavy atom. The zero-order valence-corrected chi connectivity index (χ0v) is 13.7. The molecule has 0 spiro atoms. The minimum atomic E-state index is -3.47. The number of hydrogen-bond donors (Lipinski definition) is 3. The average molecular weight is 325 g/mol. The van der Waals surface area contributed by atoms with Crippen LogP contribution >= 0.6 is 0 Å². The van der Waals surface area contributed by atoms with Crippen LogP contribution in [0.3, 0.4) is 0 Å². The van der Waals surface area contributed by atoms with E-state index in [1.165, 1.54) is 26.0 Å². The maximum Gasteiger partial charge on any atom is 0.240 e. The number of carbonyl (C=O) groups excluding carboxylic acids is 1. The van der Waals surface area contributed by atoms with E-state index in [2.05, 4.69) is 15.4 Å². The van der Waals surface area contributed by atoms with E-state index in [0.29, 0.717) is 0 Å². The largest absolute Gasteiger partial charge is 0.348 e. The third-order valence-corrected chi connectivity index (χ3v) is 5.14. The molecule has 0 aliphatic heterocycles. The molecule has 0 aromatic heterocycles. The second kappa shape index (κ2) is 7.21. The normalized spacial score (nSPS) is 16.3. The number of benzene rings is 1. The summed E-state index contributed by atoms with van der Waals surface area (Å²) >= 11 is 0. The summed E-state index contributed by atoms with van der Waals surface area (Å²) in [6, 6.07) is 6.34. The van der Waals surface area contributed by atoms with E-state index in [9.17, 15) is 13.2 Å². The highest BCUT2D eigenvalue weighted by molar-refractivity contribution is 7.89. The standard InChI is InChI=1S/C15H23N3O3S/c1-11(18-15(19)10-17-9-12-6-7-12)13-4-3-5-14(8-13)22(20,21)16-2/h3-5,8,11-12,16-17H,6-7,9-10H2,1-2H3,(H,18,19). The molecule has 1 unspecified atom stereocenters. The maximum atomic E-state index is 11.9. The Labute approximate surface area is 131 Å². The Hall–Kier alpha value is -1.44. The summed E-state index contributed by atoms with van der Waals surface area (Å²) in [7, 11) is -2.10. The molecule has 0 bridgehead atoms. The van der Waals surface area contributed by atoms with Crippen LogP contribution in [-0.4, -0.2) is 34.5 Å². The van der Waals surface area contributed by atoms with Gasteiger partial charge in [-0.2, -0.15) is 0 Å². The summed E-state index contributed by atoms with van der Waals surface area (Å²) in [5.74, 6) is 0.642. The van der Waals surface area contributed by atoms with Crippen molar-refractivity contribution in [1.29, 1.82) is 0 Å². The molecular formula is C15H23N3O3S. The highest BCUT2D eigenvalue weighted by Gasteiger charge is 2.21. The molecule has 22 heavy (non-hydrogen) atoms. The van der Waals surface area contributed by atoms with Crippen LogP contribution in [0.5, 0.6) is 0 Å². The third-order valence-electron chi connectivity index (χ3n) is 3.73. The van der Waals surface area contributed by atoms with Gasteiger partial charge in [-0.3, -0.25) is 4.79 Å². The van der Waals surface area contributed by atoms with Gasteiger partial charge in [0, 0.05) is 0 Å². The molecule has 1 amide bonds. The summed E-state index contributed by atoms with van der Waals surface area (Å²) in [5.41, 5.74) is 0.756. The molecule has 7 heteroatoms. The van der Waals surface area contributed by atoms with Crippen molar-refractivity contribution < 1.29 is 13.2 Å². The second-order valence-electron chi connectivity index (χ2n) is 5.64. The van der Waals surface area contributed by atoms with E-state index >= 15 is 0 Å². The summed E-state index contributed by atoms with van der Waals surface area (Å²) in [4.78, 5) is 12.1. The quantitative estimate of drug-likeness (QED) is 0.659. The lowest BCUT2D eigenvalue weighted by molar-refractivity contribution is -0.120. The van der Waals surface area contributed by atoms with Crippen molar-refractivity contribution in [3.8, 4) is 0 Å². The van der Waals surface area contributed by atoms with E-state index in [0.717, 1.165) is 18.0 Å². The van der Waals surface area contributed by atoms with E-state index in [-0.39, 0.29) is 23.4 Å². The minimum absolute atomic E-state index is 0.0879. The monoisotopic (exact) mass is 325 g/mol. The number of amides is 1. The van der Waals surface area contributed by atoms with Crippen molar-refractivity contribution in [1.82, 2.24) is 15.4 Å². The molecule has 1 aromatic rings. The van der Waals surface area contributed by atoms with Gasteiger partial charge in [-0.25, -0.2) is 13.1 Å². The number of hydrogen-bond acceptors (Lipinski definition) is 4. The molecule has 1 aromatic carbocycles. The molecule has 1 aliphatic carbocycles. The van der Waals surface area contributed by atoms with Crippen molar-refractivity contribution in [3.05, 3.63) is 29.8 Å². The summed E-state index contributed by atoms with van der Waals surface area (Å²) in [6.07, 6.45) is 2.50. The molecule has 1 aliphatic rings. The summed E-state index contributed by atoms with van der Waals surface area (Å²) in [5, 5.41) is 6.00. The molecule has 1 fully saturated rings. The topological polar surface area (TPSA) is 87.3 Å². The lowest BCUT2D eigenvalue weighted by Gasteiger charge is -2.15. The van der Waals surface area contributed by atoms with E-state index < -0.39 is 10.0 Å². The van der Waals surface area contributed by atoms with E-state index in [4.69, 9.17) is 0 Å². The predicted octanol–water partition coefficient (Wildman–Crippen LogP) is 0.772. The number of nitrogens with one attached hydrogen (secondary N) is 3. The maximum absolute atomic E-state index is 11.9. The van der Waals surface area contributed by atoms with Crippen LogP contribution in [-0.2, 0) is 14.8 Å². The molecule has 0 radical (unpaired) electrons. The molecule has 1 atom stereocenters. The van der Waals surface area contributed by atoms with Crippen molar-refractivity contribution >= 4 is 15.9 Å². The van der Waals surface area contributed by atoms with Crippen molar-refractivity contribution in [2.75, 3.05) is 20.1 Å². The SMILES string of the molecule is CNS(=O)(=O)c1cccc(C(C)NC(=O)CNCC2CC2)c1. The van der Waals surface area contributed by atoms with Crippen LogP contribution in [0.15, 0.2) is 29.2 Å². The lowest BCUT2D eigenvalue weighted by Crippen LogP contribution is -2.36. The Morgan fingerprint density at radius 1 is 1.36 bits per heavy atom. The molecule has 6 nitrogen and oxygen atoms in total. The van der Waals surface area contributed by atoms with Gasteiger partial charge < -0.3 is 10.6 Å². The molecular weight excluding hydrogens is 302 g/mol. The second-order valence-corrected chi connectivity index (χ2v) is 7.53. The number of sulfonamides is 1. The molecule has 3 N–H and O–H groups in total. The molecule has 0 saturated heterocycles. The fourth-order valence-electron chi connectivity index (χ4n) is 2.16. The Morgan fingerprint density at radius 2 is 2.09 bits per heavy atom. The first-order valence-corrected chi connectivity index (χ1v) is 8.94. The predicted molar refractivity (Wildman–Crippen MR) is 84.8 cm³/mol. The third kappa shape index (κ3) is 4.79.